The van der Waals surface area contributed by atoms with Gasteiger partial charge in [0.15, 0.2) is 0 Å². The van der Waals surface area contributed by atoms with Crippen LogP contribution in [-0.2, 0) is 4.79 Å². The van der Waals surface area contributed by atoms with Gasteiger partial charge in [-0.05, 0) is 32.4 Å². The van der Waals surface area contributed by atoms with Gasteiger partial charge in [0.1, 0.15) is 0 Å². The van der Waals surface area contributed by atoms with E-state index in [0.717, 1.165) is 13.1 Å². The number of para-hydroxylation sites is 1. The molecule has 1 amide bonds. The minimum Gasteiger partial charge on any atom is -0.370 e. The van der Waals surface area contributed by atoms with Crippen LogP contribution in [0.25, 0.3) is 0 Å². The van der Waals surface area contributed by atoms with Crippen LogP contribution in [0.2, 0.25) is 0 Å². The van der Waals surface area contributed by atoms with E-state index in [0.29, 0.717) is 6.54 Å². The van der Waals surface area contributed by atoms with E-state index in [-0.39, 0.29) is 5.91 Å². The Hall–Kier alpha value is -1.55. The van der Waals surface area contributed by atoms with Crippen molar-refractivity contribution >= 4 is 11.6 Å². The Balaban J connectivity index is 2.53. The number of nitrogens with zero attached hydrogens (tertiary/aromatic N) is 1. The summed E-state index contributed by atoms with van der Waals surface area (Å²) in [6, 6.07) is 7.82. The second-order valence-electron chi connectivity index (χ2n) is 4.45. The standard InChI is InChI=1S/C14H23N3O/c1-4-17(10-9-16-14(18)12(3)15)13-8-6-5-7-11(13)2/h5-8,12H,4,9-10,15H2,1-3H3,(H,16,18). The second-order valence-corrected chi connectivity index (χ2v) is 4.45. The van der Waals surface area contributed by atoms with E-state index < -0.39 is 6.04 Å². The minimum absolute atomic E-state index is 0.101. The van der Waals surface area contributed by atoms with Gasteiger partial charge < -0.3 is 16.0 Å². The van der Waals surface area contributed by atoms with Crippen molar-refractivity contribution in [2.24, 2.45) is 5.73 Å². The minimum atomic E-state index is -0.446. The summed E-state index contributed by atoms with van der Waals surface area (Å²) < 4.78 is 0. The molecule has 1 aromatic rings. The number of aryl methyl sites for hydroxylation is 1. The van der Waals surface area contributed by atoms with Crippen LogP contribution in [0, 0.1) is 6.92 Å². The summed E-state index contributed by atoms with van der Waals surface area (Å²) in [5.41, 5.74) is 7.96. The molecule has 0 spiro atoms. The van der Waals surface area contributed by atoms with Crippen LogP contribution in [0.3, 0.4) is 0 Å². The summed E-state index contributed by atoms with van der Waals surface area (Å²) in [5.74, 6) is -0.101. The van der Waals surface area contributed by atoms with E-state index in [1.165, 1.54) is 11.3 Å². The number of benzene rings is 1. The molecule has 0 heterocycles. The van der Waals surface area contributed by atoms with E-state index in [9.17, 15) is 4.79 Å². The van der Waals surface area contributed by atoms with Crippen LogP contribution in [0.1, 0.15) is 19.4 Å². The molecule has 0 aromatic heterocycles. The monoisotopic (exact) mass is 249 g/mol. The first-order valence-electron chi connectivity index (χ1n) is 6.40. The average Bonchev–Trinajstić information content (AvgIpc) is 2.35. The quantitative estimate of drug-likeness (QED) is 0.798. The largest absolute Gasteiger partial charge is 0.370 e. The number of rotatable bonds is 6. The summed E-state index contributed by atoms with van der Waals surface area (Å²) in [6.45, 7) is 8.22. The van der Waals surface area contributed by atoms with E-state index in [2.05, 4.69) is 36.2 Å². The average molecular weight is 249 g/mol. The zero-order valence-corrected chi connectivity index (χ0v) is 11.4. The van der Waals surface area contributed by atoms with Crippen molar-refractivity contribution < 1.29 is 4.79 Å². The normalized spacial score (nSPS) is 12.0. The predicted molar refractivity (Wildman–Crippen MR) is 75.7 cm³/mol. The maximum Gasteiger partial charge on any atom is 0.236 e. The van der Waals surface area contributed by atoms with Gasteiger partial charge in [0.2, 0.25) is 5.91 Å². The molecule has 1 rings (SSSR count). The third kappa shape index (κ3) is 4.04. The molecule has 4 nitrogen and oxygen atoms in total. The maximum absolute atomic E-state index is 11.4. The van der Waals surface area contributed by atoms with Gasteiger partial charge in [-0.25, -0.2) is 0 Å². The third-order valence-corrected chi connectivity index (χ3v) is 2.93. The molecule has 0 saturated heterocycles. The number of carbonyl (C=O) groups is 1. The zero-order valence-electron chi connectivity index (χ0n) is 11.4. The zero-order chi connectivity index (χ0) is 13.5. The van der Waals surface area contributed by atoms with Gasteiger partial charge in [-0.15, -0.1) is 0 Å². The summed E-state index contributed by atoms with van der Waals surface area (Å²) in [7, 11) is 0. The number of likely N-dealkylation sites (N-methyl/N-ethyl adjacent to an activating group) is 1. The summed E-state index contributed by atoms with van der Waals surface area (Å²) in [4.78, 5) is 13.6. The highest BCUT2D eigenvalue weighted by atomic mass is 16.2. The SMILES string of the molecule is CCN(CCNC(=O)C(C)N)c1ccccc1C. The number of nitrogens with one attached hydrogen (secondary N) is 1. The van der Waals surface area contributed by atoms with Crippen molar-refractivity contribution in [2.45, 2.75) is 26.8 Å². The van der Waals surface area contributed by atoms with Crippen LogP contribution in [0.15, 0.2) is 24.3 Å². The van der Waals surface area contributed by atoms with Gasteiger partial charge >= 0.3 is 0 Å². The van der Waals surface area contributed by atoms with Crippen LogP contribution in [-0.4, -0.2) is 31.6 Å². The summed E-state index contributed by atoms with van der Waals surface area (Å²) in [5, 5.41) is 2.83. The van der Waals surface area contributed by atoms with Crippen molar-refractivity contribution in [3.8, 4) is 0 Å². The molecule has 0 saturated carbocycles. The van der Waals surface area contributed by atoms with E-state index in [1.54, 1.807) is 6.92 Å². The fourth-order valence-corrected chi connectivity index (χ4v) is 1.84. The third-order valence-electron chi connectivity index (χ3n) is 2.93. The van der Waals surface area contributed by atoms with E-state index >= 15 is 0 Å². The fraction of sp³-hybridized carbons (Fsp3) is 0.500. The fourth-order valence-electron chi connectivity index (χ4n) is 1.84. The highest BCUT2D eigenvalue weighted by molar-refractivity contribution is 5.80. The van der Waals surface area contributed by atoms with Crippen molar-refractivity contribution in [1.82, 2.24) is 5.32 Å². The van der Waals surface area contributed by atoms with Gasteiger partial charge in [-0.2, -0.15) is 0 Å². The lowest BCUT2D eigenvalue weighted by molar-refractivity contribution is -0.121. The Morgan fingerprint density at radius 2 is 2.11 bits per heavy atom. The molecular formula is C14H23N3O. The van der Waals surface area contributed by atoms with Gasteiger partial charge in [0.25, 0.3) is 0 Å². The molecule has 0 bridgehead atoms. The first-order chi connectivity index (χ1) is 8.56. The Morgan fingerprint density at radius 1 is 1.44 bits per heavy atom. The van der Waals surface area contributed by atoms with Crippen LogP contribution < -0.4 is 16.0 Å². The highest BCUT2D eigenvalue weighted by Gasteiger charge is 2.09. The molecule has 1 atom stereocenters. The van der Waals surface area contributed by atoms with Crippen LogP contribution in [0.5, 0.6) is 0 Å². The molecular weight excluding hydrogens is 226 g/mol. The molecule has 0 aliphatic carbocycles. The molecule has 18 heavy (non-hydrogen) atoms. The van der Waals surface area contributed by atoms with Gasteiger partial charge in [0.05, 0.1) is 6.04 Å². The lowest BCUT2D eigenvalue weighted by atomic mass is 10.2. The van der Waals surface area contributed by atoms with Crippen LogP contribution in [0.4, 0.5) is 5.69 Å². The van der Waals surface area contributed by atoms with E-state index in [4.69, 9.17) is 5.73 Å². The molecule has 0 aliphatic rings. The van der Waals surface area contributed by atoms with Crippen molar-refractivity contribution in [3.05, 3.63) is 29.8 Å². The topological polar surface area (TPSA) is 58.4 Å². The predicted octanol–water partition coefficient (Wildman–Crippen LogP) is 1.28. The number of nitrogens with two attached hydrogens (primary N) is 1. The molecule has 1 aromatic carbocycles. The Labute approximate surface area is 109 Å². The second kappa shape index (κ2) is 7.01. The van der Waals surface area contributed by atoms with Gasteiger partial charge in [-0.3, -0.25) is 4.79 Å². The molecule has 0 fully saturated rings. The van der Waals surface area contributed by atoms with Crippen LogP contribution >= 0.6 is 0 Å². The van der Waals surface area contributed by atoms with Gasteiger partial charge in [0, 0.05) is 25.3 Å². The van der Waals surface area contributed by atoms with Crippen molar-refractivity contribution in [2.75, 3.05) is 24.5 Å². The molecule has 4 heteroatoms. The molecule has 100 valence electrons. The highest BCUT2D eigenvalue weighted by Crippen LogP contribution is 2.18. The first kappa shape index (κ1) is 14.5. The Bertz CT molecular complexity index is 390. The number of amides is 1. The molecule has 3 N–H and O–H groups in total. The Morgan fingerprint density at radius 3 is 2.67 bits per heavy atom. The maximum atomic E-state index is 11.4. The molecule has 1 unspecified atom stereocenters. The number of hydrogen-bond acceptors (Lipinski definition) is 3. The lowest BCUT2D eigenvalue weighted by Crippen LogP contribution is -2.42. The number of hydrogen-bond donors (Lipinski definition) is 2. The first-order valence-corrected chi connectivity index (χ1v) is 6.40. The Kier molecular flexibility index (Phi) is 5.65. The smallest absolute Gasteiger partial charge is 0.236 e. The van der Waals surface area contributed by atoms with Gasteiger partial charge in [-0.1, -0.05) is 18.2 Å². The molecule has 0 radical (unpaired) electrons. The van der Waals surface area contributed by atoms with Crippen molar-refractivity contribution in [3.63, 3.8) is 0 Å². The lowest BCUT2D eigenvalue weighted by Gasteiger charge is -2.25. The number of anilines is 1. The molecule has 0 aliphatic heterocycles. The number of carbonyl (C=O) groups excluding carboxylic acids is 1. The summed E-state index contributed by atoms with van der Waals surface area (Å²) >= 11 is 0. The van der Waals surface area contributed by atoms with Crippen molar-refractivity contribution in [1.29, 1.82) is 0 Å². The summed E-state index contributed by atoms with van der Waals surface area (Å²) in [6.07, 6.45) is 0. The van der Waals surface area contributed by atoms with E-state index in [1.807, 2.05) is 12.1 Å².